The van der Waals surface area contributed by atoms with Crippen molar-refractivity contribution in [1.29, 1.82) is 0 Å². The highest BCUT2D eigenvalue weighted by molar-refractivity contribution is 5.80. The first kappa shape index (κ1) is 10.1. The molecule has 1 unspecified atom stereocenters. The van der Waals surface area contributed by atoms with Gasteiger partial charge in [-0.25, -0.2) is 8.78 Å². The number of hydrogen-bond acceptors (Lipinski definition) is 2. The van der Waals surface area contributed by atoms with Gasteiger partial charge in [0, 0.05) is 5.39 Å². The lowest BCUT2D eigenvalue weighted by atomic mass is 10.2. The lowest BCUT2D eigenvalue weighted by Gasteiger charge is -2.04. The van der Waals surface area contributed by atoms with E-state index in [0.717, 1.165) is 10.9 Å². The van der Waals surface area contributed by atoms with Crippen molar-refractivity contribution in [2.24, 2.45) is 0 Å². The molecule has 0 fully saturated rings. The van der Waals surface area contributed by atoms with E-state index in [1.54, 1.807) is 6.07 Å². The van der Waals surface area contributed by atoms with Crippen LogP contribution in [0.25, 0.3) is 11.0 Å². The third kappa shape index (κ3) is 1.72. The van der Waals surface area contributed by atoms with Crippen LogP contribution in [0.4, 0.5) is 8.78 Å². The molecule has 0 radical (unpaired) electrons. The third-order valence-electron chi connectivity index (χ3n) is 2.29. The van der Waals surface area contributed by atoms with Crippen LogP contribution in [0.15, 0.2) is 28.7 Å². The predicted molar refractivity (Wildman–Crippen MR) is 51.9 cm³/mol. The molecular formula is C11H10F2O2. The van der Waals surface area contributed by atoms with Gasteiger partial charge in [0.1, 0.15) is 11.3 Å². The van der Waals surface area contributed by atoms with Crippen LogP contribution in [-0.4, -0.2) is 11.5 Å². The maximum atomic E-state index is 12.2. The van der Waals surface area contributed by atoms with Gasteiger partial charge in [0.2, 0.25) is 0 Å². The Balaban J connectivity index is 2.52. The molecule has 80 valence electrons. The molecule has 2 rings (SSSR count). The van der Waals surface area contributed by atoms with Crippen molar-refractivity contribution in [2.45, 2.75) is 19.5 Å². The second-order valence-electron chi connectivity index (χ2n) is 3.42. The molecule has 1 atom stereocenters. The summed E-state index contributed by atoms with van der Waals surface area (Å²) in [5.74, 6) is -0.0886. The highest BCUT2D eigenvalue weighted by Crippen LogP contribution is 2.28. The first-order valence-electron chi connectivity index (χ1n) is 4.55. The molecular weight excluding hydrogens is 202 g/mol. The molecule has 0 amide bonds. The standard InChI is InChI=1S/C11H10F2O2/c1-6-3-2-4-7-5-8(15-10(6)7)9(14)11(12)13/h2-5,9,11,14H,1H3. The minimum atomic E-state index is -2.83. The highest BCUT2D eigenvalue weighted by Gasteiger charge is 2.23. The normalized spacial score (nSPS) is 13.7. The molecule has 4 heteroatoms. The average molecular weight is 212 g/mol. The monoisotopic (exact) mass is 212 g/mol. The van der Waals surface area contributed by atoms with Gasteiger partial charge in [0.15, 0.2) is 6.10 Å². The molecule has 0 saturated heterocycles. The van der Waals surface area contributed by atoms with Crippen molar-refractivity contribution in [2.75, 3.05) is 0 Å². The number of fused-ring (bicyclic) bond motifs is 1. The van der Waals surface area contributed by atoms with E-state index in [0.29, 0.717) is 5.58 Å². The second-order valence-corrected chi connectivity index (χ2v) is 3.42. The first-order valence-corrected chi connectivity index (χ1v) is 4.55. The molecule has 1 heterocycles. The number of aryl methyl sites for hydroxylation is 1. The maximum absolute atomic E-state index is 12.2. The Labute approximate surface area is 85.1 Å². The van der Waals surface area contributed by atoms with Crippen LogP contribution in [0.1, 0.15) is 17.4 Å². The van der Waals surface area contributed by atoms with Gasteiger partial charge in [-0.3, -0.25) is 0 Å². The zero-order valence-electron chi connectivity index (χ0n) is 8.08. The summed E-state index contributed by atoms with van der Waals surface area (Å²) in [6.45, 7) is 1.82. The smallest absolute Gasteiger partial charge is 0.271 e. The van der Waals surface area contributed by atoms with Crippen LogP contribution in [0.5, 0.6) is 0 Å². The number of rotatable bonds is 2. The van der Waals surface area contributed by atoms with Gasteiger partial charge in [-0.2, -0.15) is 0 Å². The molecule has 2 nitrogen and oxygen atoms in total. The van der Waals surface area contributed by atoms with Crippen LogP contribution >= 0.6 is 0 Å². The summed E-state index contributed by atoms with van der Waals surface area (Å²) in [5.41, 5.74) is 1.41. The van der Waals surface area contributed by atoms with Gasteiger partial charge in [-0.1, -0.05) is 18.2 Å². The number of hydrogen-bond donors (Lipinski definition) is 1. The number of aliphatic hydroxyl groups excluding tert-OH is 1. The Bertz CT molecular complexity index is 476. The van der Waals surface area contributed by atoms with E-state index < -0.39 is 12.5 Å². The van der Waals surface area contributed by atoms with Gasteiger partial charge in [-0.05, 0) is 18.6 Å². The van der Waals surface area contributed by atoms with Crippen molar-refractivity contribution in [3.05, 3.63) is 35.6 Å². The van der Waals surface area contributed by atoms with Crippen molar-refractivity contribution < 1.29 is 18.3 Å². The number of benzene rings is 1. The van der Waals surface area contributed by atoms with Crippen molar-refractivity contribution in [3.8, 4) is 0 Å². The first-order chi connectivity index (χ1) is 7.09. The molecule has 0 aliphatic heterocycles. The summed E-state index contributed by atoms with van der Waals surface area (Å²) in [4.78, 5) is 0. The van der Waals surface area contributed by atoms with Gasteiger partial charge in [-0.15, -0.1) is 0 Å². The molecule has 2 aromatic rings. The zero-order valence-corrected chi connectivity index (χ0v) is 8.08. The Kier molecular flexibility index (Phi) is 2.44. The Morgan fingerprint density at radius 3 is 2.67 bits per heavy atom. The Hall–Kier alpha value is -1.42. The van der Waals surface area contributed by atoms with Crippen LogP contribution in [0.2, 0.25) is 0 Å². The molecule has 1 aromatic carbocycles. The number of furan rings is 1. The lowest BCUT2D eigenvalue weighted by Crippen LogP contribution is -2.06. The van der Waals surface area contributed by atoms with Gasteiger partial charge >= 0.3 is 0 Å². The fraction of sp³-hybridized carbons (Fsp3) is 0.273. The van der Waals surface area contributed by atoms with Crippen LogP contribution in [0, 0.1) is 6.92 Å². The third-order valence-corrected chi connectivity index (χ3v) is 2.29. The summed E-state index contributed by atoms with van der Waals surface area (Å²) in [7, 11) is 0. The lowest BCUT2D eigenvalue weighted by molar-refractivity contribution is -0.0169. The van der Waals surface area contributed by atoms with Gasteiger partial charge < -0.3 is 9.52 Å². The summed E-state index contributed by atoms with van der Waals surface area (Å²) in [5, 5.41) is 9.87. The summed E-state index contributed by atoms with van der Waals surface area (Å²) < 4.78 is 29.7. The molecule has 0 bridgehead atoms. The number of para-hydroxylation sites is 1. The molecule has 0 aliphatic carbocycles. The van der Waals surface area contributed by atoms with Crippen LogP contribution in [-0.2, 0) is 0 Å². The van der Waals surface area contributed by atoms with E-state index in [1.807, 2.05) is 19.1 Å². The minimum absolute atomic E-state index is 0.0886. The topological polar surface area (TPSA) is 33.4 Å². The fourth-order valence-electron chi connectivity index (χ4n) is 1.50. The molecule has 0 aliphatic rings. The average Bonchev–Trinajstić information content (AvgIpc) is 2.61. The number of aliphatic hydroxyl groups is 1. The predicted octanol–water partition coefficient (Wildman–Crippen LogP) is 3.04. The molecule has 1 N–H and O–H groups in total. The fourth-order valence-corrected chi connectivity index (χ4v) is 1.50. The highest BCUT2D eigenvalue weighted by atomic mass is 19.3. The van der Waals surface area contributed by atoms with Gasteiger partial charge in [0.05, 0.1) is 0 Å². The second kappa shape index (κ2) is 3.62. The van der Waals surface area contributed by atoms with Crippen LogP contribution in [0.3, 0.4) is 0 Å². The molecule has 1 aromatic heterocycles. The van der Waals surface area contributed by atoms with E-state index in [9.17, 15) is 8.78 Å². The van der Waals surface area contributed by atoms with E-state index in [-0.39, 0.29) is 5.76 Å². The SMILES string of the molecule is Cc1cccc2cc(C(O)C(F)F)oc12. The van der Waals surface area contributed by atoms with E-state index >= 15 is 0 Å². The maximum Gasteiger partial charge on any atom is 0.271 e. The summed E-state index contributed by atoms with van der Waals surface area (Å²) in [6, 6.07) is 6.84. The number of halogens is 2. The van der Waals surface area contributed by atoms with Crippen molar-refractivity contribution in [1.82, 2.24) is 0 Å². The quantitative estimate of drug-likeness (QED) is 0.829. The largest absolute Gasteiger partial charge is 0.458 e. The van der Waals surface area contributed by atoms with Crippen molar-refractivity contribution >= 4 is 11.0 Å². The van der Waals surface area contributed by atoms with E-state index in [1.165, 1.54) is 6.07 Å². The minimum Gasteiger partial charge on any atom is -0.458 e. The number of alkyl halides is 2. The zero-order chi connectivity index (χ0) is 11.0. The van der Waals surface area contributed by atoms with E-state index in [2.05, 4.69) is 0 Å². The molecule has 0 saturated carbocycles. The van der Waals surface area contributed by atoms with E-state index in [4.69, 9.17) is 9.52 Å². The van der Waals surface area contributed by atoms with Crippen molar-refractivity contribution in [3.63, 3.8) is 0 Å². The Morgan fingerprint density at radius 2 is 2.07 bits per heavy atom. The van der Waals surface area contributed by atoms with Crippen LogP contribution < -0.4 is 0 Å². The van der Waals surface area contributed by atoms with Gasteiger partial charge in [0.25, 0.3) is 6.43 Å². The molecule has 15 heavy (non-hydrogen) atoms. The summed E-state index contributed by atoms with van der Waals surface area (Å²) in [6.07, 6.45) is -4.68. The Morgan fingerprint density at radius 1 is 1.33 bits per heavy atom. The summed E-state index contributed by atoms with van der Waals surface area (Å²) >= 11 is 0. The molecule has 0 spiro atoms.